The lowest BCUT2D eigenvalue weighted by Gasteiger charge is -2.07. The Labute approximate surface area is 58.3 Å². The van der Waals surface area contributed by atoms with E-state index in [1.165, 1.54) is 6.08 Å². The zero-order chi connectivity index (χ0) is 7.56. The van der Waals surface area contributed by atoms with E-state index in [9.17, 15) is 4.79 Å². The largest absolute Gasteiger partial charge is 0.508 e. The average molecular weight is 140 g/mol. The Kier molecular flexibility index (Phi) is 1.76. The van der Waals surface area contributed by atoms with Gasteiger partial charge < -0.3 is 10.2 Å². The highest BCUT2D eigenvalue weighted by Gasteiger charge is 2.09. The molecule has 10 heavy (non-hydrogen) atoms. The number of allylic oxidation sites excluding steroid dienone is 3. The molecule has 0 radical (unpaired) electrons. The Balaban J connectivity index is 2.86. The van der Waals surface area contributed by atoms with Crippen molar-refractivity contribution in [2.24, 2.45) is 0 Å². The lowest BCUT2D eigenvalue weighted by atomic mass is 10.0. The summed E-state index contributed by atoms with van der Waals surface area (Å²) in [5, 5.41) is 17.7. The molecule has 0 saturated heterocycles. The van der Waals surface area contributed by atoms with Crippen molar-refractivity contribution in [1.29, 1.82) is 0 Å². The lowest BCUT2D eigenvalue weighted by Crippen LogP contribution is -1.98. The Morgan fingerprint density at radius 2 is 2.10 bits per heavy atom. The molecule has 0 unspecified atom stereocenters. The van der Waals surface area contributed by atoms with Gasteiger partial charge in [-0.15, -0.1) is 0 Å². The minimum atomic E-state index is -0.187. The SMILES string of the molecule is O=CC1=CC(O)=C(O)CC1. The van der Waals surface area contributed by atoms with Crippen molar-refractivity contribution in [3.05, 3.63) is 23.2 Å². The fraction of sp³-hybridized carbons (Fsp3) is 0.286. The molecule has 54 valence electrons. The first-order valence-electron chi connectivity index (χ1n) is 3.01. The van der Waals surface area contributed by atoms with Crippen LogP contribution in [0.15, 0.2) is 23.2 Å². The minimum Gasteiger partial charge on any atom is -0.508 e. The molecule has 0 atom stereocenters. The first-order valence-corrected chi connectivity index (χ1v) is 3.01. The van der Waals surface area contributed by atoms with Crippen LogP contribution in [0.4, 0.5) is 0 Å². The summed E-state index contributed by atoms with van der Waals surface area (Å²) in [6.07, 6.45) is 2.84. The molecule has 0 aliphatic heterocycles. The molecular formula is C7H8O3. The van der Waals surface area contributed by atoms with Gasteiger partial charge in [0, 0.05) is 6.42 Å². The van der Waals surface area contributed by atoms with E-state index < -0.39 is 0 Å². The van der Waals surface area contributed by atoms with Gasteiger partial charge in [-0.2, -0.15) is 0 Å². The van der Waals surface area contributed by atoms with Crippen LogP contribution >= 0.6 is 0 Å². The lowest BCUT2D eigenvalue weighted by molar-refractivity contribution is -0.105. The highest BCUT2D eigenvalue weighted by molar-refractivity contribution is 5.74. The molecule has 0 heterocycles. The molecule has 0 aromatic heterocycles. The predicted octanol–water partition coefficient (Wildman–Crippen LogP) is 1.23. The van der Waals surface area contributed by atoms with E-state index in [1.54, 1.807) is 0 Å². The molecule has 1 rings (SSSR count). The molecule has 0 aromatic rings. The average Bonchev–Trinajstić information content (AvgIpc) is 1.95. The standard InChI is InChI=1S/C7H8O3/c8-4-5-1-2-6(9)7(10)3-5/h3-4,9-10H,1-2H2. The van der Waals surface area contributed by atoms with Crippen LogP contribution in [0, 0.1) is 0 Å². The zero-order valence-electron chi connectivity index (χ0n) is 5.37. The first kappa shape index (κ1) is 6.86. The maximum Gasteiger partial charge on any atom is 0.153 e. The smallest absolute Gasteiger partial charge is 0.153 e. The van der Waals surface area contributed by atoms with Gasteiger partial charge in [-0.05, 0) is 18.1 Å². The molecule has 3 heteroatoms. The van der Waals surface area contributed by atoms with Crippen molar-refractivity contribution >= 4 is 6.29 Å². The highest BCUT2D eigenvalue weighted by Crippen LogP contribution is 2.18. The Morgan fingerprint density at radius 1 is 1.40 bits per heavy atom. The molecule has 1 aliphatic rings. The molecule has 0 aromatic carbocycles. The third kappa shape index (κ3) is 1.18. The Morgan fingerprint density at radius 3 is 2.60 bits per heavy atom. The van der Waals surface area contributed by atoms with Crippen molar-refractivity contribution in [2.75, 3.05) is 0 Å². The van der Waals surface area contributed by atoms with E-state index in [2.05, 4.69) is 0 Å². The molecule has 0 spiro atoms. The Hall–Kier alpha value is -1.25. The number of aliphatic hydroxyl groups excluding tert-OH is 2. The number of aldehydes is 1. The summed E-state index contributed by atoms with van der Waals surface area (Å²) in [6, 6.07) is 0. The molecule has 1 aliphatic carbocycles. The van der Waals surface area contributed by atoms with E-state index in [0.717, 1.165) is 0 Å². The first-order chi connectivity index (χ1) is 4.74. The van der Waals surface area contributed by atoms with E-state index >= 15 is 0 Å². The summed E-state index contributed by atoms with van der Waals surface area (Å²) in [5.74, 6) is -0.223. The Bertz CT molecular complexity index is 213. The fourth-order valence-corrected chi connectivity index (χ4v) is 0.815. The van der Waals surface area contributed by atoms with Crippen molar-refractivity contribution in [2.45, 2.75) is 12.8 Å². The van der Waals surface area contributed by atoms with E-state index in [-0.39, 0.29) is 11.5 Å². The quantitative estimate of drug-likeness (QED) is 0.538. The summed E-state index contributed by atoms with van der Waals surface area (Å²) in [4.78, 5) is 10.1. The highest BCUT2D eigenvalue weighted by atomic mass is 16.3. The molecule has 0 bridgehead atoms. The number of carbonyl (C=O) groups is 1. The second kappa shape index (κ2) is 2.56. The number of rotatable bonds is 1. The van der Waals surface area contributed by atoms with Crippen LogP contribution in [0.1, 0.15) is 12.8 Å². The number of hydrogen-bond donors (Lipinski definition) is 2. The number of aliphatic hydroxyl groups is 2. The van der Waals surface area contributed by atoms with E-state index in [1.807, 2.05) is 0 Å². The van der Waals surface area contributed by atoms with Crippen LogP contribution in [-0.4, -0.2) is 16.5 Å². The van der Waals surface area contributed by atoms with Gasteiger partial charge in [0.05, 0.1) is 0 Å². The van der Waals surface area contributed by atoms with Gasteiger partial charge in [0.25, 0.3) is 0 Å². The number of hydrogen-bond acceptors (Lipinski definition) is 3. The topological polar surface area (TPSA) is 57.5 Å². The van der Waals surface area contributed by atoms with Crippen molar-refractivity contribution in [1.82, 2.24) is 0 Å². The summed E-state index contributed by atoms with van der Waals surface area (Å²) in [7, 11) is 0. The minimum absolute atomic E-state index is 0.0365. The van der Waals surface area contributed by atoms with Crippen LogP contribution in [0.2, 0.25) is 0 Å². The van der Waals surface area contributed by atoms with Crippen LogP contribution in [-0.2, 0) is 4.79 Å². The van der Waals surface area contributed by atoms with Gasteiger partial charge in [-0.3, -0.25) is 4.79 Å². The third-order valence-corrected chi connectivity index (χ3v) is 1.42. The van der Waals surface area contributed by atoms with E-state index in [0.29, 0.717) is 24.7 Å². The van der Waals surface area contributed by atoms with Crippen LogP contribution in [0.3, 0.4) is 0 Å². The molecule has 0 amide bonds. The predicted molar refractivity (Wildman–Crippen MR) is 35.7 cm³/mol. The fourth-order valence-electron chi connectivity index (χ4n) is 0.815. The molecule has 3 nitrogen and oxygen atoms in total. The van der Waals surface area contributed by atoms with Gasteiger partial charge >= 0.3 is 0 Å². The molecular weight excluding hydrogens is 132 g/mol. The monoisotopic (exact) mass is 140 g/mol. The zero-order valence-corrected chi connectivity index (χ0v) is 5.37. The van der Waals surface area contributed by atoms with Crippen LogP contribution < -0.4 is 0 Å². The van der Waals surface area contributed by atoms with Gasteiger partial charge in [0.2, 0.25) is 0 Å². The van der Waals surface area contributed by atoms with Gasteiger partial charge in [-0.1, -0.05) is 0 Å². The molecule has 0 saturated carbocycles. The summed E-state index contributed by atoms with van der Waals surface area (Å²) in [6.45, 7) is 0. The molecule has 2 N–H and O–H groups in total. The van der Waals surface area contributed by atoms with Crippen molar-refractivity contribution in [3.8, 4) is 0 Å². The maximum absolute atomic E-state index is 10.1. The summed E-state index contributed by atoms with van der Waals surface area (Å²) >= 11 is 0. The summed E-state index contributed by atoms with van der Waals surface area (Å²) < 4.78 is 0. The van der Waals surface area contributed by atoms with E-state index in [4.69, 9.17) is 10.2 Å². The normalized spacial score (nSPS) is 18.6. The third-order valence-electron chi connectivity index (χ3n) is 1.42. The van der Waals surface area contributed by atoms with Crippen molar-refractivity contribution < 1.29 is 15.0 Å². The second-order valence-electron chi connectivity index (χ2n) is 2.17. The maximum atomic E-state index is 10.1. The van der Waals surface area contributed by atoms with Gasteiger partial charge in [0.15, 0.2) is 5.76 Å². The number of carbonyl (C=O) groups excluding carboxylic acids is 1. The molecule has 0 fully saturated rings. The van der Waals surface area contributed by atoms with Gasteiger partial charge in [0.1, 0.15) is 12.0 Å². The van der Waals surface area contributed by atoms with Crippen LogP contribution in [0.5, 0.6) is 0 Å². The van der Waals surface area contributed by atoms with Gasteiger partial charge in [-0.25, -0.2) is 0 Å². The summed E-state index contributed by atoms with van der Waals surface area (Å²) in [5.41, 5.74) is 0.523. The van der Waals surface area contributed by atoms with Crippen LogP contribution in [0.25, 0.3) is 0 Å². The second-order valence-corrected chi connectivity index (χ2v) is 2.17. The van der Waals surface area contributed by atoms with Crippen molar-refractivity contribution in [3.63, 3.8) is 0 Å².